The standard InChI is InChI=1S/C14H16ClN3O3/c1-3-18(9-13(19)20-2)8-12-16-14(17-21-12)10-5-4-6-11(15)7-10/h4-7H,3,8-9H2,1-2H3. The molecule has 0 aliphatic rings. The number of ether oxygens (including phenoxy) is 1. The Hall–Kier alpha value is -1.92. The van der Waals surface area contributed by atoms with Gasteiger partial charge >= 0.3 is 5.97 Å². The first kappa shape index (κ1) is 15.5. The maximum Gasteiger partial charge on any atom is 0.319 e. The lowest BCUT2D eigenvalue weighted by Crippen LogP contribution is -2.30. The van der Waals surface area contributed by atoms with Crippen molar-refractivity contribution in [3.05, 3.63) is 35.2 Å². The van der Waals surface area contributed by atoms with Gasteiger partial charge in [0.15, 0.2) is 0 Å². The molecule has 0 spiro atoms. The third-order valence-electron chi connectivity index (χ3n) is 2.94. The quantitative estimate of drug-likeness (QED) is 0.763. The van der Waals surface area contributed by atoms with Crippen LogP contribution in [-0.2, 0) is 16.1 Å². The van der Waals surface area contributed by atoms with Gasteiger partial charge in [-0.1, -0.05) is 35.8 Å². The summed E-state index contributed by atoms with van der Waals surface area (Å²) >= 11 is 5.94. The van der Waals surface area contributed by atoms with Gasteiger partial charge in [0.25, 0.3) is 0 Å². The van der Waals surface area contributed by atoms with Gasteiger partial charge < -0.3 is 9.26 Å². The average molecular weight is 310 g/mol. The van der Waals surface area contributed by atoms with Crippen molar-refractivity contribution in [2.45, 2.75) is 13.5 Å². The molecule has 0 saturated heterocycles. The number of nitrogens with zero attached hydrogens (tertiary/aromatic N) is 3. The van der Waals surface area contributed by atoms with E-state index in [1.807, 2.05) is 24.0 Å². The summed E-state index contributed by atoms with van der Waals surface area (Å²) in [5.74, 6) is 0.615. The highest BCUT2D eigenvalue weighted by molar-refractivity contribution is 6.30. The topological polar surface area (TPSA) is 68.5 Å². The van der Waals surface area contributed by atoms with Crippen LogP contribution in [-0.4, -0.2) is 41.2 Å². The Kier molecular flexibility index (Phi) is 5.30. The maximum absolute atomic E-state index is 11.3. The molecule has 21 heavy (non-hydrogen) atoms. The van der Waals surface area contributed by atoms with Gasteiger partial charge in [-0.3, -0.25) is 9.69 Å². The molecule has 0 radical (unpaired) electrons. The van der Waals surface area contributed by atoms with Crippen LogP contribution in [0.25, 0.3) is 11.4 Å². The minimum Gasteiger partial charge on any atom is -0.468 e. The summed E-state index contributed by atoms with van der Waals surface area (Å²) < 4.78 is 9.85. The molecule has 0 aliphatic carbocycles. The van der Waals surface area contributed by atoms with Crippen LogP contribution in [0.1, 0.15) is 12.8 Å². The summed E-state index contributed by atoms with van der Waals surface area (Å²) in [5, 5.41) is 4.54. The molecule has 0 amide bonds. The van der Waals surface area contributed by atoms with E-state index >= 15 is 0 Å². The van der Waals surface area contributed by atoms with Crippen LogP contribution < -0.4 is 0 Å². The summed E-state index contributed by atoms with van der Waals surface area (Å²) in [5.41, 5.74) is 0.786. The second-order valence-electron chi connectivity index (χ2n) is 4.40. The minimum absolute atomic E-state index is 0.182. The van der Waals surface area contributed by atoms with E-state index in [0.717, 1.165) is 5.56 Å². The molecule has 2 aromatic rings. The van der Waals surface area contributed by atoms with Crippen molar-refractivity contribution >= 4 is 17.6 Å². The number of hydrogen-bond acceptors (Lipinski definition) is 6. The van der Waals surface area contributed by atoms with Crippen molar-refractivity contribution in [1.29, 1.82) is 0 Å². The largest absolute Gasteiger partial charge is 0.468 e. The average Bonchev–Trinajstić information content (AvgIpc) is 2.95. The highest BCUT2D eigenvalue weighted by Gasteiger charge is 2.15. The van der Waals surface area contributed by atoms with Crippen molar-refractivity contribution < 1.29 is 14.1 Å². The van der Waals surface area contributed by atoms with Gasteiger partial charge in [-0.25, -0.2) is 0 Å². The SMILES string of the molecule is CCN(CC(=O)OC)Cc1nc(-c2cccc(Cl)c2)no1. The Bertz CT molecular complexity index is 615. The number of carbonyl (C=O) groups is 1. The van der Waals surface area contributed by atoms with Crippen molar-refractivity contribution in [2.75, 3.05) is 20.2 Å². The van der Waals surface area contributed by atoms with Crippen LogP contribution in [0, 0.1) is 0 Å². The highest BCUT2D eigenvalue weighted by Crippen LogP contribution is 2.20. The summed E-state index contributed by atoms with van der Waals surface area (Å²) in [6, 6.07) is 7.22. The number of rotatable bonds is 6. The number of likely N-dealkylation sites (N-methyl/N-ethyl adjacent to an activating group) is 1. The van der Waals surface area contributed by atoms with E-state index in [9.17, 15) is 4.79 Å². The first-order valence-electron chi connectivity index (χ1n) is 6.50. The lowest BCUT2D eigenvalue weighted by molar-refractivity contribution is -0.142. The molecule has 0 atom stereocenters. The van der Waals surface area contributed by atoms with E-state index in [4.69, 9.17) is 16.1 Å². The molecular formula is C14H16ClN3O3. The molecule has 0 bridgehead atoms. The van der Waals surface area contributed by atoms with Crippen molar-refractivity contribution in [1.82, 2.24) is 15.0 Å². The summed E-state index contributed by atoms with van der Waals surface area (Å²) in [6.45, 7) is 3.18. The van der Waals surface area contributed by atoms with Crippen molar-refractivity contribution in [2.24, 2.45) is 0 Å². The Morgan fingerprint density at radius 1 is 1.48 bits per heavy atom. The predicted octanol–water partition coefficient (Wildman–Crippen LogP) is 2.38. The van der Waals surface area contributed by atoms with Crippen molar-refractivity contribution in [3.63, 3.8) is 0 Å². The summed E-state index contributed by atoms with van der Waals surface area (Å²) in [6.07, 6.45) is 0. The van der Waals surface area contributed by atoms with Gasteiger partial charge in [-0.05, 0) is 18.7 Å². The van der Waals surface area contributed by atoms with Crippen molar-refractivity contribution in [3.8, 4) is 11.4 Å². The highest BCUT2D eigenvalue weighted by atomic mass is 35.5. The van der Waals surface area contributed by atoms with Crippen LogP contribution in [0.2, 0.25) is 5.02 Å². The third kappa shape index (κ3) is 4.27. The fourth-order valence-electron chi connectivity index (χ4n) is 1.78. The third-order valence-corrected chi connectivity index (χ3v) is 3.17. The zero-order valence-corrected chi connectivity index (χ0v) is 12.6. The minimum atomic E-state index is -0.300. The Morgan fingerprint density at radius 3 is 2.95 bits per heavy atom. The molecular weight excluding hydrogens is 294 g/mol. The van der Waals surface area contributed by atoms with E-state index in [0.29, 0.717) is 29.8 Å². The fraction of sp³-hybridized carbons (Fsp3) is 0.357. The second kappa shape index (κ2) is 7.19. The van der Waals surface area contributed by atoms with E-state index in [-0.39, 0.29) is 12.5 Å². The molecule has 0 N–H and O–H groups in total. The van der Waals surface area contributed by atoms with E-state index in [1.165, 1.54) is 7.11 Å². The molecule has 2 rings (SSSR count). The molecule has 0 fully saturated rings. The molecule has 0 unspecified atom stereocenters. The predicted molar refractivity (Wildman–Crippen MR) is 77.7 cm³/mol. The molecule has 7 heteroatoms. The Labute approximate surface area is 127 Å². The fourth-order valence-corrected chi connectivity index (χ4v) is 1.97. The van der Waals surface area contributed by atoms with Crippen LogP contribution >= 0.6 is 11.6 Å². The Balaban J connectivity index is 2.07. The zero-order chi connectivity index (χ0) is 15.2. The number of methoxy groups -OCH3 is 1. The summed E-state index contributed by atoms with van der Waals surface area (Å²) in [7, 11) is 1.36. The van der Waals surface area contributed by atoms with Gasteiger partial charge in [-0.2, -0.15) is 4.98 Å². The number of benzene rings is 1. The number of hydrogen-bond donors (Lipinski definition) is 0. The molecule has 1 heterocycles. The van der Waals surface area contributed by atoms with Gasteiger partial charge in [0, 0.05) is 10.6 Å². The van der Waals surface area contributed by atoms with E-state index in [2.05, 4.69) is 14.9 Å². The van der Waals surface area contributed by atoms with Crippen LogP contribution in [0.15, 0.2) is 28.8 Å². The first-order chi connectivity index (χ1) is 10.1. The molecule has 0 saturated carbocycles. The van der Waals surface area contributed by atoms with Crippen LogP contribution in [0.4, 0.5) is 0 Å². The van der Waals surface area contributed by atoms with Gasteiger partial charge in [0.1, 0.15) is 0 Å². The molecule has 0 aliphatic heterocycles. The first-order valence-corrected chi connectivity index (χ1v) is 6.88. The lowest BCUT2D eigenvalue weighted by Gasteiger charge is -2.15. The van der Waals surface area contributed by atoms with Crippen LogP contribution in [0.5, 0.6) is 0 Å². The number of carbonyl (C=O) groups excluding carboxylic acids is 1. The normalized spacial score (nSPS) is 10.9. The molecule has 1 aromatic heterocycles. The number of halogens is 1. The van der Waals surface area contributed by atoms with E-state index in [1.54, 1.807) is 12.1 Å². The molecule has 112 valence electrons. The van der Waals surface area contributed by atoms with Crippen LogP contribution in [0.3, 0.4) is 0 Å². The molecule has 1 aromatic carbocycles. The maximum atomic E-state index is 11.3. The van der Waals surface area contributed by atoms with E-state index < -0.39 is 0 Å². The summed E-state index contributed by atoms with van der Waals surface area (Å²) in [4.78, 5) is 17.5. The molecule has 6 nitrogen and oxygen atoms in total. The second-order valence-corrected chi connectivity index (χ2v) is 4.84. The number of esters is 1. The van der Waals surface area contributed by atoms with Gasteiger partial charge in [0.05, 0.1) is 20.2 Å². The zero-order valence-electron chi connectivity index (χ0n) is 11.9. The Morgan fingerprint density at radius 2 is 2.29 bits per heavy atom. The smallest absolute Gasteiger partial charge is 0.319 e. The van der Waals surface area contributed by atoms with Gasteiger partial charge in [0.2, 0.25) is 11.7 Å². The van der Waals surface area contributed by atoms with Gasteiger partial charge in [-0.15, -0.1) is 0 Å². The number of aromatic nitrogens is 2. The monoisotopic (exact) mass is 309 g/mol. The lowest BCUT2D eigenvalue weighted by atomic mass is 10.2.